The van der Waals surface area contributed by atoms with Gasteiger partial charge in [0.15, 0.2) is 0 Å². The van der Waals surface area contributed by atoms with Gasteiger partial charge in [-0.05, 0) is 30.3 Å². The van der Waals surface area contributed by atoms with Crippen molar-refractivity contribution in [3.8, 4) is 22.5 Å². The van der Waals surface area contributed by atoms with Crippen LogP contribution in [0.4, 0.5) is 39.5 Å². The van der Waals surface area contributed by atoms with Crippen LogP contribution >= 0.6 is 0 Å². The van der Waals surface area contributed by atoms with E-state index in [1.54, 1.807) is 6.07 Å². The predicted octanol–water partition coefficient (Wildman–Crippen LogP) is 11.6. The molecule has 0 saturated heterocycles. The van der Waals surface area contributed by atoms with Crippen LogP contribution in [-0.4, -0.2) is 38.3 Å². The first-order valence-corrected chi connectivity index (χ1v) is 18.8. The van der Waals surface area contributed by atoms with E-state index in [-0.39, 0.29) is 42.5 Å². The van der Waals surface area contributed by atoms with Gasteiger partial charge in [-0.15, -0.1) is 18.2 Å². The van der Waals surface area contributed by atoms with Crippen molar-refractivity contribution in [2.75, 3.05) is 0 Å². The Morgan fingerprint density at radius 3 is 2.06 bits per heavy atom. The Morgan fingerprint density at radius 1 is 0.692 bits per heavy atom. The third-order valence-corrected chi connectivity index (χ3v) is 14.6. The van der Waals surface area contributed by atoms with E-state index in [1.165, 1.54) is 30.3 Å². The van der Waals surface area contributed by atoms with Crippen molar-refractivity contribution in [2.24, 2.45) is 0 Å². The molecule has 0 bridgehead atoms. The largest absolute Gasteiger partial charge is 0 e. The zero-order chi connectivity index (χ0) is 43.6. The van der Waals surface area contributed by atoms with Crippen molar-refractivity contribution in [3.63, 3.8) is 0 Å². The van der Waals surface area contributed by atoms with E-state index in [2.05, 4.69) is 22.1 Å². The summed E-state index contributed by atoms with van der Waals surface area (Å²) in [6.07, 6.45) is 1.77. The average molecular weight is 969 g/mol. The second-order valence-electron chi connectivity index (χ2n) is 11.1. The minimum Gasteiger partial charge on any atom is 0 e. The molecule has 4 aromatic carbocycles. The van der Waals surface area contributed by atoms with E-state index in [0.717, 1.165) is 33.3 Å². The summed E-state index contributed by atoms with van der Waals surface area (Å²) >= 11 is -9.41. The molecule has 52 heavy (non-hydrogen) atoms. The topological polar surface area (TPSA) is 38.9 Å². The average Bonchev–Trinajstić information content (AvgIpc) is 3.52. The minimum absolute atomic E-state index is 0. The Bertz CT molecular complexity index is 2630. The Labute approximate surface area is 318 Å². The molecule has 0 atom stereocenters. The number of aryl methyl sites for hydroxylation is 2. The molecular weight excluding hydrogens is 936 g/mol. The normalized spacial score (nSPS) is 15.5. The summed E-state index contributed by atoms with van der Waals surface area (Å²) in [5, 5.41) is -21.5. The number of halogens is 9. The first-order chi connectivity index (χ1) is 27.2. The number of rotatable bonds is 4. The summed E-state index contributed by atoms with van der Waals surface area (Å²) in [6.45, 7) is -5.18. The quantitative estimate of drug-likeness (QED) is 0.100. The van der Waals surface area contributed by atoms with Gasteiger partial charge in [0.25, 0.3) is 0 Å². The van der Waals surface area contributed by atoms with E-state index in [9.17, 15) is 39.5 Å². The third-order valence-electron chi connectivity index (χ3n) is 7.84. The van der Waals surface area contributed by atoms with Crippen LogP contribution in [0.2, 0.25) is 0 Å². The van der Waals surface area contributed by atoms with Crippen molar-refractivity contribution in [1.29, 1.82) is 0 Å². The molecule has 0 fully saturated rings. The van der Waals surface area contributed by atoms with E-state index in [0.29, 0.717) is 35.2 Å². The number of benzene rings is 4. The summed E-state index contributed by atoms with van der Waals surface area (Å²) < 4.78 is 188. The van der Waals surface area contributed by atoms with Crippen LogP contribution in [0.3, 0.4) is 0 Å². The van der Waals surface area contributed by atoms with Crippen molar-refractivity contribution in [3.05, 3.63) is 132 Å². The fourth-order valence-corrected chi connectivity index (χ4v) is 9.52. The molecule has 0 amide bonds. The molecular formula is C38H25F9GeIrN2O-2. The maximum Gasteiger partial charge on any atom is 0 e. The summed E-state index contributed by atoms with van der Waals surface area (Å²) in [7, 11) is 0. The van der Waals surface area contributed by atoms with Gasteiger partial charge >= 0.3 is 146 Å². The molecule has 7 aromatic rings. The number of nitrogens with zero attached hydrogens (tertiary/aromatic N) is 2. The second kappa shape index (κ2) is 14.7. The van der Waals surface area contributed by atoms with Gasteiger partial charge in [0.05, 0.1) is 5.58 Å². The van der Waals surface area contributed by atoms with E-state index < -0.39 is 52.8 Å². The van der Waals surface area contributed by atoms with Gasteiger partial charge in [-0.3, -0.25) is 0 Å². The van der Waals surface area contributed by atoms with Crippen LogP contribution in [0.25, 0.3) is 55.2 Å². The molecule has 7 rings (SSSR count). The molecule has 0 aliphatic heterocycles. The molecule has 3 heterocycles. The SMILES string of the molecule is [2H]C([2H])([2H])c1cnc(-c2[c-]ccc3c2oc2c4ccccc4ccc32)cc1C([2H])([2H])[2H].[2H][C]([2H])(c1ccnc(-c2[c-]cccc2)c1)[Ge]([C](F)(F)F)([C](F)(F)F)[C](F)(F)F.[Ir]. The molecule has 0 unspecified atom stereocenters. The summed E-state index contributed by atoms with van der Waals surface area (Å²) in [5.74, 6) is 0. The van der Waals surface area contributed by atoms with Crippen LogP contribution in [0.5, 0.6) is 0 Å². The molecule has 0 spiro atoms. The van der Waals surface area contributed by atoms with Gasteiger partial charge in [0.2, 0.25) is 0 Å². The fourth-order valence-electron chi connectivity index (χ4n) is 5.37. The summed E-state index contributed by atoms with van der Waals surface area (Å²) in [5.41, 5.74) is -0.142. The van der Waals surface area contributed by atoms with Crippen molar-refractivity contribution in [1.82, 2.24) is 9.97 Å². The molecule has 3 aromatic heterocycles. The summed E-state index contributed by atoms with van der Waals surface area (Å²) in [6, 6.07) is 28.9. The van der Waals surface area contributed by atoms with Gasteiger partial charge in [-0.2, -0.15) is 0 Å². The van der Waals surface area contributed by atoms with Crippen molar-refractivity contribution < 1.29 is 75.0 Å². The molecule has 3 nitrogen and oxygen atoms in total. The molecule has 1 radical (unpaired) electrons. The molecule has 14 heteroatoms. The number of pyridine rings is 2. The predicted molar refractivity (Wildman–Crippen MR) is 179 cm³/mol. The van der Waals surface area contributed by atoms with Crippen molar-refractivity contribution >= 4 is 46.0 Å². The van der Waals surface area contributed by atoms with E-state index >= 15 is 0 Å². The Balaban J connectivity index is 0.000000225. The first kappa shape index (κ1) is 29.3. The number of hydrogen-bond donors (Lipinski definition) is 0. The maximum atomic E-state index is 13.4. The Kier molecular flexibility index (Phi) is 8.26. The smallest absolute Gasteiger partial charge is 0 e. The van der Waals surface area contributed by atoms with Crippen LogP contribution in [0.15, 0.2) is 108 Å². The monoisotopic (exact) mass is 971 g/mol. The van der Waals surface area contributed by atoms with Crippen LogP contribution in [-0.2, 0) is 25.3 Å². The van der Waals surface area contributed by atoms with Gasteiger partial charge in [-0.1, -0.05) is 59.0 Å². The maximum absolute atomic E-state index is 13.4. The van der Waals surface area contributed by atoms with E-state index in [4.69, 9.17) is 15.4 Å². The second-order valence-corrected chi connectivity index (χ2v) is 18.3. The molecule has 0 aliphatic rings. The third kappa shape index (κ3) is 7.23. The standard InChI is InChI=1S/C23H16NO.C15H9F9GeN.Ir/c1-14-12-21(24-13-15(14)2)20-9-5-8-18-19-11-10-16-6-3-4-7-17(16)22(19)25-23(18)20;16-13(17,18)25(14(19,20)21,15(22,23)24)9-10-6-7-26-12(8-10)11-4-2-1-3-5-11;/h3-8,10-13H,1-2H3;1-4,6-8H,9H2;/q2*-1;/i1D3,2D3;9D2;. The number of furan rings is 1. The zero-order valence-electron chi connectivity index (χ0n) is 33.9. The van der Waals surface area contributed by atoms with Crippen molar-refractivity contribution in [2.45, 2.75) is 33.9 Å². The summed E-state index contributed by atoms with van der Waals surface area (Å²) in [4.78, 5) is 7.94. The Morgan fingerprint density at radius 2 is 1.38 bits per heavy atom. The number of aromatic nitrogens is 2. The first-order valence-electron chi connectivity index (χ1n) is 18.6. The van der Waals surface area contributed by atoms with E-state index in [1.807, 2.05) is 42.5 Å². The number of hydrogen-bond acceptors (Lipinski definition) is 3. The van der Waals surface area contributed by atoms with Gasteiger partial charge in [0, 0.05) is 45.3 Å². The molecule has 0 saturated carbocycles. The fraction of sp³-hybridized carbons (Fsp3) is 0.158. The minimum atomic E-state index is -9.41. The van der Waals surface area contributed by atoms with Crippen LogP contribution in [0.1, 0.15) is 27.7 Å². The van der Waals surface area contributed by atoms with Crippen LogP contribution < -0.4 is 0 Å². The zero-order valence-corrected chi connectivity index (χ0v) is 30.3. The number of fused-ring (bicyclic) bond motifs is 5. The molecule has 271 valence electrons. The van der Waals surface area contributed by atoms with Gasteiger partial charge < -0.3 is 9.40 Å². The van der Waals surface area contributed by atoms with Gasteiger partial charge in [0.1, 0.15) is 5.58 Å². The Hall–Kier alpha value is -4.20. The molecule has 0 N–H and O–H groups in total. The van der Waals surface area contributed by atoms with Gasteiger partial charge in [-0.25, -0.2) is 0 Å². The van der Waals surface area contributed by atoms with Crippen LogP contribution in [0, 0.1) is 25.8 Å². The molecule has 0 aliphatic carbocycles. The number of alkyl halides is 9.